The van der Waals surface area contributed by atoms with Crippen molar-refractivity contribution in [2.75, 3.05) is 116 Å². The number of hydrogen-bond donors (Lipinski definition) is 2. The number of ketones is 3. The van der Waals surface area contributed by atoms with Crippen molar-refractivity contribution in [3.8, 4) is 11.1 Å². The van der Waals surface area contributed by atoms with Gasteiger partial charge in [-0.3, -0.25) is 29.0 Å². The van der Waals surface area contributed by atoms with Crippen LogP contribution in [0.3, 0.4) is 0 Å². The molecule has 5 aliphatic rings. The Hall–Kier alpha value is -6.45. The molecular weight excluding hydrogens is 1110 g/mol. The number of aliphatic imine (C=N–C) groups is 1. The summed E-state index contributed by atoms with van der Waals surface area (Å²) in [4.78, 5) is 89.6. The van der Waals surface area contributed by atoms with Gasteiger partial charge in [-0.25, -0.2) is 9.37 Å². The number of likely N-dealkylation sites (N-methyl/N-ethyl adjacent to an activating group) is 1. The third kappa shape index (κ3) is 15.8. The number of aromatic nitrogens is 3. The third-order valence-corrected chi connectivity index (χ3v) is 18.4. The second-order valence-electron chi connectivity index (χ2n) is 22.9. The molecule has 22 heteroatoms. The van der Waals surface area contributed by atoms with Gasteiger partial charge in [0.2, 0.25) is 5.91 Å². The van der Waals surface area contributed by atoms with Gasteiger partial charge in [-0.2, -0.15) is 4.68 Å². The predicted molar refractivity (Wildman–Crippen MR) is 325 cm³/mol. The molecule has 0 radical (unpaired) electrons. The number of hydrogen-bond acceptors (Lipinski definition) is 17. The fraction of sp³-hybridized carbons (Fsp3) is 0.571. The van der Waals surface area contributed by atoms with Crippen molar-refractivity contribution in [1.29, 1.82) is 0 Å². The van der Waals surface area contributed by atoms with E-state index in [9.17, 15) is 28.4 Å². The van der Waals surface area contributed by atoms with Crippen molar-refractivity contribution >= 4 is 63.3 Å². The molecule has 3 N–H and O–H groups in total. The molecule has 456 valence electrons. The number of nitrogens with zero attached hydrogens (tertiary/aromatic N) is 9. The molecule has 2 aromatic carbocycles. The molecule has 7 heterocycles. The number of anilines is 2. The lowest BCUT2D eigenvalue weighted by molar-refractivity contribution is -0.141. The van der Waals surface area contributed by atoms with Crippen LogP contribution in [0.25, 0.3) is 16.0 Å². The summed E-state index contributed by atoms with van der Waals surface area (Å²) in [6.07, 6.45) is 7.58. The highest BCUT2D eigenvalue weighted by Crippen LogP contribution is 2.44. The number of ether oxygens (including phenoxy) is 4. The number of thioether (sulfide) groups is 1. The van der Waals surface area contributed by atoms with Crippen LogP contribution in [0.4, 0.5) is 21.7 Å². The number of nitrogens with two attached hydrogens (primary N) is 1. The summed E-state index contributed by atoms with van der Waals surface area (Å²) in [5, 5.41) is 8.59. The highest BCUT2D eigenvalue weighted by molar-refractivity contribution is 8.14. The van der Waals surface area contributed by atoms with E-state index in [1.165, 1.54) is 18.2 Å². The molecule has 3 saturated heterocycles. The molecule has 9 rings (SSSR count). The van der Waals surface area contributed by atoms with Gasteiger partial charge < -0.3 is 54.4 Å². The van der Waals surface area contributed by atoms with E-state index in [2.05, 4.69) is 30.0 Å². The van der Waals surface area contributed by atoms with E-state index < -0.39 is 17.8 Å². The molecule has 3 fully saturated rings. The molecule has 0 spiro atoms. The number of rotatable bonds is 28. The van der Waals surface area contributed by atoms with Gasteiger partial charge in [0.15, 0.2) is 5.78 Å². The second-order valence-corrected chi connectivity index (χ2v) is 23.9. The molecule has 2 amide bonds. The largest absolute Gasteiger partial charge is 0.382 e. The first-order valence-corrected chi connectivity index (χ1v) is 31.1. The molecule has 2 aromatic heterocycles. The lowest BCUT2D eigenvalue weighted by Crippen LogP contribution is -2.48. The van der Waals surface area contributed by atoms with Crippen molar-refractivity contribution in [2.24, 2.45) is 16.8 Å². The SMILES string of the molecule is [C-]#[N+]c1nn(CCCC(=O)CCOCCOCCOCCOCCN2CCC([C@@H](CC(=O)[C@@H](C)NC)C(=O)N3CCC[C@@H]3C3=NC(C(=O)c4ccc(C)cc4)CS3)CC2)c2c1-c1cnc(N)c(c1)N1CCC[C@@H]1c1cc(F)ccc1C(=O)N(C)C2. The number of Topliss-reactive ketones (excluding diaryl/α,β-unsaturated/α-hetero) is 3. The van der Waals surface area contributed by atoms with Crippen LogP contribution in [-0.4, -0.2) is 187 Å². The normalized spacial score (nSPS) is 19.8. The maximum absolute atomic E-state index is 14.8. The number of carbonyl (C=O) groups is 5. The number of likely N-dealkylation sites (tertiary alicyclic amines) is 2. The highest BCUT2D eigenvalue weighted by atomic mass is 32.2. The van der Waals surface area contributed by atoms with Gasteiger partial charge in [0, 0.05) is 80.5 Å². The molecule has 5 aliphatic heterocycles. The topological polar surface area (TPSA) is 221 Å². The Labute approximate surface area is 502 Å². The lowest BCUT2D eigenvalue weighted by Gasteiger charge is -2.38. The Morgan fingerprint density at radius 3 is 2.28 bits per heavy atom. The molecule has 5 atom stereocenters. The van der Waals surface area contributed by atoms with Crippen LogP contribution in [0.5, 0.6) is 0 Å². The number of nitrogen functional groups attached to an aromatic ring is 1. The zero-order chi connectivity index (χ0) is 60.0. The first-order chi connectivity index (χ1) is 41.2. The smallest absolute Gasteiger partial charge is 0.303 e. The average Bonchev–Trinajstić information content (AvgIpc) is 3.16. The van der Waals surface area contributed by atoms with E-state index in [1.807, 2.05) is 49.1 Å². The van der Waals surface area contributed by atoms with E-state index in [0.29, 0.717) is 129 Å². The Balaban J connectivity index is 0.639. The van der Waals surface area contributed by atoms with Crippen LogP contribution < -0.4 is 16.0 Å². The van der Waals surface area contributed by atoms with Crippen LogP contribution in [0.1, 0.15) is 115 Å². The number of halogens is 1. The zero-order valence-corrected chi connectivity index (χ0v) is 50.4. The van der Waals surface area contributed by atoms with Crippen molar-refractivity contribution in [3.63, 3.8) is 0 Å². The zero-order valence-electron chi connectivity index (χ0n) is 49.6. The molecule has 2 bridgehead atoms. The van der Waals surface area contributed by atoms with E-state index in [0.717, 1.165) is 62.3 Å². The summed E-state index contributed by atoms with van der Waals surface area (Å²) in [6.45, 7) is 19.1. The molecule has 0 aliphatic carbocycles. The number of benzene rings is 2. The Morgan fingerprint density at radius 2 is 1.56 bits per heavy atom. The molecule has 4 aromatic rings. The van der Waals surface area contributed by atoms with E-state index in [1.54, 1.807) is 41.6 Å². The summed E-state index contributed by atoms with van der Waals surface area (Å²) in [7, 11) is 3.45. The minimum absolute atomic E-state index is 0.00774. The van der Waals surface area contributed by atoms with Crippen molar-refractivity contribution in [1.82, 2.24) is 34.8 Å². The lowest BCUT2D eigenvalue weighted by atomic mass is 9.79. The first kappa shape index (κ1) is 63.1. The summed E-state index contributed by atoms with van der Waals surface area (Å²) in [6, 6.07) is 12.5. The van der Waals surface area contributed by atoms with E-state index >= 15 is 0 Å². The van der Waals surface area contributed by atoms with Gasteiger partial charge in [0.25, 0.3) is 5.91 Å². The van der Waals surface area contributed by atoms with Crippen LogP contribution in [0, 0.1) is 31.1 Å². The van der Waals surface area contributed by atoms with E-state index in [4.69, 9.17) is 36.2 Å². The number of piperidine rings is 1. The van der Waals surface area contributed by atoms with Gasteiger partial charge in [-0.05, 0) is 125 Å². The van der Waals surface area contributed by atoms with Crippen LogP contribution in [0.2, 0.25) is 0 Å². The fourth-order valence-electron chi connectivity index (χ4n) is 12.3. The minimum Gasteiger partial charge on any atom is -0.382 e. The number of carbonyl (C=O) groups excluding carboxylic acids is 5. The van der Waals surface area contributed by atoms with E-state index in [-0.39, 0.29) is 91.4 Å². The number of nitrogens with one attached hydrogen (secondary N) is 1. The minimum atomic E-state index is -0.461. The number of amides is 2. The number of fused-ring (bicyclic) bond motifs is 8. The molecule has 20 nitrogen and oxygen atoms in total. The van der Waals surface area contributed by atoms with Gasteiger partial charge in [0.05, 0.1) is 100 Å². The first-order valence-electron chi connectivity index (χ1n) is 30.1. The van der Waals surface area contributed by atoms with Crippen LogP contribution in [0.15, 0.2) is 59.7 Å². The standard InChI is InChI=1S/C63H82FN11O9S/c1-41-12-14-44(15-13-41)58(78)51-40-85-61(69-51)53-11-8-22-74(53)63(80)49(37-56(77)42(2)66-3)43-18-24-72(25-19-43)26-28-82-30-32-84-34-33-83-31-29-81-27-20-47(76)9-6-23-75-55-39-71(5)62(79)48-17-16-46(64)36-50(48)52-10-7-21-73(52)54-35-45(38-68-59(54)65)57(55)60(67-4)70-75/h12-17,35-36,38,42-43,49,51-53,66H,6-11,18-34,37,39-40H2,1-3,5H3,(H2,65,68)/t42-,49-,51?,52-,53-/m1/s1. The summed E-state index contributed by atoms with van der Waals surface area (Å²) < 4.78 is 39.5. The summed E-state index contributed by atoms with van der Waals surface area (Å²) >= 11 is 1.59. The quantitative estimate of drug-likeness (QED) is 0.0319. The van der Waals surface area contributed by atoms with Crippen molar-refractivity contribution in [2.45, 2.75) is 115 Å². The predicted octanol–water partition coefficient (Wildman–Crippen LogP) is 7.54. The Morgan fingerprint density at radius 1 is 0.871 bits per heavy atom. The average molecular weight is 1190 g/mol. The van der Waals surface area contributed by atoms with Gasteiger partial charge in [-0.1, -0.05) is 36.4 Å². The second kappa shape index (κ2) is 30.3. The highest BCUT2D eigenvalue weighted by Gasteiger charge is 2.43. The van der Waals surface area contributed by atoms with Gasteiger partial charge in [-0.15, -0.1) is 11.8 Å². The van der Waals surface area contributed by atoms with Crippen molar-refractivity contribution in [3.05, 3.63) is 99.9 Å². The molecule has 1 unspecified atom stereocenters. The van der Waals surface area contributed by atoms with Crippen molar-refractivity contribution < 1.29 is 47.3 Å². The number of aryl methyl sites for hydroxylation is 2. The van der Waals surface area contributed by atoms with Crippen LogP contribution in [-0.2, 0) is 46.4 Å². The number of pyridine rings is 1. The molecule has 0 saturated carbocycles. The Bertz CT molecular complexity index is 3070. The summed E-state index contributed by atoms with van der Waals surface area (Å²) in [5.74, 6) is 0.0854. The van der Waals surface area contributed by atoms with Gasteiger partial charge >= 0.3 is 5.82 Å². The summed E-state index contributed by atoms with van der Waals surface area (Å²) in [5.41, 5.74) is 11.7. The van der Waals surface area contributed by atoms with Crippen LogP contribution >= 0.6 is 11.8 Å². The third-order valence-electron chi connectivity index (χ3n) is 17.2. The maximum Gasteiger partial charge on any atom is 0.303 e. The Kier molecular flexibility index (Phi) is 22.4. The van der Waals surface area contributed by atoms with Gasteiger partial charge in [0.1, 0.15) is 29.2 Å². The fourth-order valence-corrected chi connectivity index (χ4v) is 13.5. The molecule has 85 heavy (non-hydrogen) atoms. The molecular formula is C63H82FN11O9S. The monoisotopic (exact) mass is 1190 g/mol. The maximum atomic E-state index is 14.8.